The van der Waals surface area contributed by atoms with Crippen LogP contribution in [0.4, 0.5) is 26.3 Å². The van der Waals surface area contributed by atoms with Crippen LogP contribution in [0.2, 0.25) is 20.1 Å². The van der Waals surface area contributed by atoms with Gasteiger partial charge in [-0.3, -0.25) is 20.6 Å². The Morgan fingerprint density at radius 1 is 0.570 bits per heavy atom. The molecule has 0 unspecified atom stereocenters. The predicted octanol–water partition coefficient (Wildman–Crippen LogP) is 14.9. The molecule has 2 heterocycles. The van der Waals surface area contributed by atoms with Crippen molar-refractivity contribution >= 4 is 148 Å². The lowest BCUT2D eigenvalue weighted by Gasteiger charge is -2.27. The summed E-state index contributed by atoms with van der Waals surface area (Å²) in [7, 11) is 0. The van der Waals surface area contributed by atoms with Crippen molar-refractivity contribution in [1.82, 2.24) is 20.4 Å². The summed E-state index contributed by atoms with van der Waals surface area (Å²) in [4.78, 5) is 13.3. The molecule has 7 rings (SSSR count). The van der Waals surface area contributed by atoms with Gasteiger partial charge in [-0.1, -0.05) is 167 Å². The summed E-state index contributed by atoms with van der Waals surface area (Å²) in [6, 6.07) is 26.5. The van der Waals surface area contributed by atoms with Crippen LogP contribution in [0.15, 0.2) is 107 Å². The molecule has 5 aromatic rings. The number of alkyl halides is 6. The highest BCUT2D eigenvalue weighted by molar-refractivity contribution is 8.93. The van der Waals surface area contributed by atoms with Gasteiger partial charge in [0.15, 0.2) is 20.7 Å². The van der Waals surface area contributed by atoms with Gasteiger partial charge < -0.3 is 27.8 Å². The zero-order valence-corrected chi connectivity index (χ0v) is 51.6. The van der Waals surface area contributed by atoms with Crippen LogP contribution in [0.25, 0.3) is 0 Å². The molecule has 2 aliphatic heterocycles. The lowest BCUT2D eigenvalue weighted by Crippen LogP contribution is -2.42. The minimum absolute atomic E-state index is 0. The Bertz CT molecular complexity index is 2660. The Kier molecular flexibility index (Phi) is 32.7. The zero-order valence-electron chi connectivity index (χ0n) is 41.9. The highest BCUT2D eigenvalue weighted by Gasteiger charge is 2.31. The SMILES string of the molecule is Br.Br.C.Cc1cccc(CCN)c1.FC(F)(F)c1cccc(CCN2CN=C(SCc3cc(Cl)c(Cl)cc3CSC3=NCN(CCc4cccc(C(F)(F)F)c4)CN3)NC2)c1.N=C(N)SCc1cc(Cl)c(Cl)cc1CSC(=N)N. The third kappa shape index (κ3) is 26.0. The minimum atomic E-state index is -4.36. The van der Waals surface area contributed by atoms with Crippen molar-refractivity contribution in [2.45, 2.75) is 69.0 Å². The smallest absolute Gasteiger partial charge is 0.379 e. The number of hydrogen-bond donors (Lipinski definition) is 7. The van der Waals surface area contributed by atoms with Crippen molar-refractivity contribution in [3.8, 4) is 0 Å². The standard InChI is InChI=1S/C32H32Cl2F6N6S2.C10H12Cl2N4S2.C9H13N.CH4.2BrH/c33-27-13-23(15-47-29-41-17-45(18-42-29)9-7-21-3-1-5-25(11-21)31(35,36)37)24(14-28(27)34)16-48-30-43-19-46(20-44-30)10-8-22-4-2-6-26(12-22)32(38,39)40;11-7-1-5(3-17-9(13)14)6(2-8(7)12)4-18-10(15)16;1-8-3-2-4-9(7-8)5-6-10;;;/h1-6,11-14H,7-10,15-20H2,(H,41,42)(H,43,44);1-2H,3-4H2,(H3,13,14)(H3,15,16);2-4,7H,5-6,10H2,1H3;1H4;2*1H. The van der Waals surface area contributed by atoms with Gasteiger partial charge in [0.2, 0.25) is 0 Å². The maximum Gasteiger partial charge on any atom is 0.416 e. The molecule has 0 amide bonds. The van der Waals surface area contributed by atoms with Crippen LogP contribution in [0.3, 0.4) is 0 Å². The maximum absolute atomic E-state index is 13.0. The summed E-state index contributed by atoms with van der Waals surface area (Å²) < 4.78 is 78.1. The van der Waals surface area contributed by atoms with Crippen LogP contribution in [0, 0.1) is 17.7 Å². The third-order valence-electron chi connectivity index (χ3n) is 11.2. The first kappa shape index (κ1) is 72.1. The fourth-order valence-electron chi connectivity index (χ4n) is 7.21. The van der Waals surface area contributed by atoms with E-state index >= 15 is 0 Å². The van der Waals surface area contributed by atoms with Gasteiger partial charge in [-0.2, -0.15) is 26.3 Å². The number of benzene rings is 5. The van der Waals surface area contributed by atoms with Crippen molar-refractivity contribution in [3.63, 3.8) is 0 Å². The molecule has 0 atom stereocenters. The molecule has 0 bridgehead atoms. The minimum Gasteiger partial charge on any atom is -0.379 e. The van der Waals surface area contributed by atoms with E-state index in [9.17, 15) is 26.3 Å². The molecule has 0 saturated carbocycles. The second kappa shape index (κ2) is 35.8. The van der Waals surface area contributed by atoms with Crippen LogP contribution < -0.4 is 27.8 Å². The summed E-state index contributed by atoms with van der Waals surface area (Å²) in [5.74, 6) is 2.26. The van der Waals surface area contributed by atoms with Gasteiger partial charge in [0.1, 0.15) is 0 Å². The second-order valence-corrected chi connectivity index (χ2v) is 22.6. The highest BCUT2D eigenvalue weighted by atomic mass is 79.9. The molecule has 11 nitrogen and oxygen atoms in total. The van der Waals surface area contributed by atoms with E-state index in [-0.39, 0.29) is 51.7 Å². The van der Waals surface area contributed by atoms with E-state index in [4.69, 9.17) is 74.4 Å². The molecular formula is C52H63Br2Cl4F6N11S4. The highest BCUT2D eigenvalue weighted by Crippen LogP contribution is 2.34. The molecule has 0 aliphatic carbocycles. The van der Waals surface area contributed by atoms with E-state index in [1.165, 1.54) is 82.4 Å². The largest absolute Gasteiger partial charge is 0.416 e. The average Bonchev–Trinajstić information content (AvgIpc) is 3.38. The zero-order chi connectivity index (χ0) is 55.4. The number of nitrogens with zero attached hydrogens (tertiary/aromatic N) is 4. The summed E-state index contributed by atoms with van der Waals surface area (Å²) in [5, 5.41) is 24.4. The number of amidine groups is 4. The Morgan fingerprint density at radius 2 is 0.924 bits per heavy atom. The van der Waals surface area contributed by atoms with Crippen LogP contribution in [0.1, 0.15) is 63.1 Å². The first-order chi connectivity index (χ1) is 36.1. The number of thioether (sulfide) groups is 4. The first-order valence-corrected chi connectivity index (χ1v) is 28.7. The van der Waals surface area contributed by atoms with Crippen molar-refractivity contribution in [2.75, 3.05) is 46.3 Å². The van der Waals surface area contributed by atoms with Gasteiger partial charge in [-0.15, -0.1) is 34.0 Å². The third-order valence-corrected chi connectivity index (χ3v) is 16.2. The van der Waals surface area contributed by atoms with Crippen LogP contribution in [-0.2, 0) is 54.6 Å². The van der Waals surface area contributed by atoms with Crippen LogP contribution in [-0.4, -0.2) is 76.8 Å². The normalized spacial score (nSPS) is 13.5. The molecule has 0 spiro atoms. The molecule has 0 aromatic heterocycles. The molecule has 5 aromatic carbocycles. The molecule has 10 N–H and O–H groups in total. The lowest BCUT2D eigenvalue weighted by molar-refractivity contribution is -0.138. The summed E-state index contributed by atoms with van der Waals surface area (Å²) in [6.45, 7) is 5.88. The number of halogens is 12. The maximum atomic E-state index is 13.0. The molecular weight excluding hydrogens is 1320 g/mol. The summed E-state index contributed by atoms with van der Waals surface area (Å²) in [5.41, 5.74) is 22.5. The van der Waals surface area contributed by atoms with E-state index in [0.717, 1.165) is 57.7 Å². The molecule has 0 fully saturated rings. The number of hydrogen-bond acceptors (Lipinski definition) is 13. The number of aryl methyl sites for hydroxylation is 1. The van der Waals surface area contributed by atoms with Crippen molar-refractivity contribution in [3.05, 3.63) is 173 Å². The van der Waals surface area contributed by atoms with Crippen molar-refractivity contribution < 1.29 is 26.3 Å². The Morgan fingerprint density at radius 3 is 1.24 bits per heavy atom. The van der Waals surface area contributed by atoms with Crippen molar-refractivity contribution in [1.29, 1.82) is 10.8 Å². The molecule has 2 aliphatic rings. The summed E-state index contributed by atoms with van der Waals surface area (Å²) >= 11 is 30.1. The van der Waals surface area contributed by atoms with Gasteiger partial charge in [-0.25, -0.2) is 9.98 Å². The molecule has 27 heteroatoms. The van der Waals surface area contributed by atoms with Gasteiger partial charge in [0.05, 0.1) is 57.9 Å². The number of nitrogens with two attached hydrogens (primary N) is 3. The van der Waals surface area contributed by atoms with Gasteiger partial charge >= 0.3 is 12.4 Å². The fraction of sp³-hybridized carbons (Fsp3) is 0.346. The van der Waals surface area contributed by atoms with E-state index in [0.29, 0.717) is 107 Å². The van der Waals surface area contributed by atoms with Crippen LogP contribution >= 0.6 is 127 Å². The predicted molar refractivity (Wildman–Crippen MR) is 338 cm³/mol. The number of aliphatic imine (C=N–C) groups is 2. The quantitative estimate of drug-likeness (QED) is 0.0284. The van der Waals surface area contributed by atoms with Crippen molar-refractivity contribution in [2.24, 2.45) is 27.2 Å². The van der Waals surface area contributed by atoms with Gasteiger partial charge in [0.25, 0.3) is 0 Å². The average molecular weight is 1390 g/mol. The fourth-order valence-corrected chi connectivity index (χ4v) is 10.9. The van der Waals surface area contributed by atoms with E-state index in [2.05, 4.69) is 51.8 Å². The van der Waals surface area contributed by atoms with Gasteiger partial charge in [0, 0.05) is 36.1 Å². The van der Waals surface area contributed by atoms with E-state index < -0.39 is 23.5 Å². The Hall–Kier alpha value is -3.04. The lowest BCUT2D eigenvalue weighted by atomic mass is 10.1. The number of nitrogens with one attached hydrogen (secondary N) is 4. The van der Waals surface area contributed by atoms with Gasteiger partial charge in [-0.05, 0) is 108 Å². The first-order valence-electron chi connectivity index (χ1n) is 23.3. The molecule has 0 saturated heterocycles. The topological polar surface area (TPSA) is 181 Å². The molecule has 434 valence electrons. The second-order valence-electron chi connectivity index (χ2n) is 17.0. The molecule has 0 radical (unpaired) electrons. The van der Waals surface area contributed by atoms with E-state index in [1.54, 1.807) is 24.3 Å². The van der Waals surface area contributed by atoms with E-state index in [1.807, 2.05) is 21.9 Å². The van der Waals surface area contributed by atoms with Crippen LogP contribution in [0.5, 0.6) is 0 Å². The monoisotopic (exact) mass is 1380 g/mol. The Labute approximate surface area is 516 Å². The Balaban J connectivity index is 0.000000565. The summed E-state index contributed by atoms with van der Waals surface area (Å²) in [6.07, 6.45) is -6.78. The number of rotatable bonds is 16. The molecule has 79 heavy (non-hydrogen) atoms.